The molecular weight excluding hydrogens is 248 g/mol. The lowest BCUT2D eigenvalue weighted by Crippen LogP contribution is -2.42. The predicted octanol–water partition coefficient (Wildman–Crippen LogP) is 3.05. The molecule has 3 atom stereocenters. The normalized spacial score (nSPS) is 29.2. The highest BCUT2D eigenvalue weighted by atomic mass is 16.2. The van der Waals surface area contributed by atoms with Gasteiger partial charge in [0.1, 0.15) is 0 Å². The minimum Gasteiger partial charge on any atom is -0.342 e. The van der Waals surface area contributed by atoms with E-state index in [0.29, 0.717) is 17.7 Å². The van der Waals surface area contributed by atoms with Gasteiger partial charge in [-0.25, -0.2) is 0 Å². The molecule has 2 rings (SSSR count). The van der Waals surface area contributed by atoms with E-state index in [4.69, 9.17) is 0 Å². The van der Waals surface area contributed by atoms with Gasteiger partial charge in [-0.2, -0.15) is 0 Å². The first kappa shape index (κ1) is 15.8. The van der Waals surface area contributed by atoms with Crippen molar-refractivity contribution in [3.05, 3.63) is 0 Å². The second-order valence-electron chi connectivity index (χ2n) is 6.92. The largest absolute Gasteiger partial charge is 0.342 e. The van der Waals surface area contributed by atoms with Crippen molar-refractivity contribution in [2.45, 2.75) is 58.8 Å². The third kappa shape index (κ3) is 4.47. The molecule has 1 amide bonds. The van der Waals surface area contributed by atoms with Crippen molar-refractivity contribution in [2.24, 2.45) is 17.8 Å². The Hall–Kier alpha value is -0.570. The summed E-state index contributed by atoms with van der Waals surface area (Å²) in [5, 5.41) is 3.47. The van der Waals surface area contributed by atoms with Crippen LogP contribution in [-0.4, -0.2) is 37.0 Å². The number of amides is 1. The molecule has 1 N–H and O–H groups in total. The Balaban J connectivity index is 1.78. The van der Waals surface area contributed by atoms with E-state index in [1.165, 1.54) is 38.5 Å². The standard InChI is InChI=1S/C17H32N2O/c1-3-6-15-7-5-10-19(13-15)17(20)11-14(2)16-8-4-9-18-12-16/h14-16,18H,3-13H2,1-2H3. The molecule has 0 aliphatic carbocycles. The van der Waals surface area contributed by atoms with E-state index in [9.17, 15) is 4.79 Å². The average molecular weight is 280 g/mol. The van der Waals surface area contributed by atoms with E-state index in [0.717, 1.165) is 38.5 Å². The highest BCUT2D eigenvalue weighted by Crippen LogP contribution is 2.26. The summed E-state index contributed by atoms with van der Waals surface area (Å²) in [7, 11) is 0. The number of hydrogen-bond acceptors (Lipinski definition) is 2. The lowest BCUT2D eigenvalue weighted by atomic mass is 9.85. The number of likely N-dealkylation sites (tertiary alicyclic amines) is 1. The van der Waals surface area contributed by atoms with E-state index >= 15 is 0 Å². The number of piperidine rings is 2. The number of carbonyl (C=O) groups excluding carboxylic acids is 1. The number of nitrogens with one attached hydrogen (secondary N) is 1. The lowest BCUT2D eigenvalue weighted by molar-refractivity contribution is -0.134. The van der Waals surface area contributed by atoms with Crippen LogP contribution >= 0.6 is 0 Å². The maximum atomic E-state index is 12.5. The molecule has 0 bridgehead atoms. The van der Waals surface area contributed by atoms with E-state index in [1.807, 2.05) is 0 Å². The smallest absolute Gasteiger partial charge is 0.222 e. The minimum absolute atomic E-state index is 0.406. The van der Waals surface area contributed by atoms with Gasteiger partial charge in [-0.05, 0) is 62.9 Å². The fourth-order valence-electron chi connectivity index (χ4n) is 3.87. The van der Waals surface area contributed by atoms with Crippen LogP contribution in [0.4, 0.5) is 0 Å². The van der Waals surface area contributed by atoms with Crippen molar-refractivity contribution in [1.82, 2.24) is 10.2 Å². The monoisotopic (exact) mass is 280 g/mol. The second-order valence-corrected chi connectivity index (χ2v) is 6.92. The fraction of sp³-hybridized carbons (Fsp3) is 0.941. The van der Waals surface area contributed by atoms with Crippen LogP contribution in [-0.2, 0) is 4.79 Å². The number of rotatable bonds is 5. The zero-order valence-corrected chi connectivity index (χ0v) is 13.4. The van der Waals surface area contributed by atoms with Crippen molar-refractivity contribution in [1.29, 1.82) is 0 Å². The molecule has 116 valence electrons. The molecular formula is C17H32N2O. The van der Waals surface area contributed by atoms with Crippen molar-refractivity contribution >= 4 is 5.91 Å². The maximum absolute atomic E-state index is 12.5. The van der Waals surface area contributed by atoms with Gasteiger partial charge in [0, 0.05) is 19.5 Å². The van der Waals surface area contributed by atoms with Crippen LogP contribution in [0.15, 0.2) is 0 Å². The van der Waals surface area contributed by atoms with Gasteiger partial charge < -0.3 is 10.2 Å². The molecule has 3 nitrogen and oxygen atoms in total. The fourth-order valence-corrected chi connectivity index (χ4v) is 3.87. The molecule has 2 aliphatic rings. The molecule has 20 heavy (non-hydrogen) atoms. The van der Waals surface area contributed by atoms with Crippen LogP contribution in [0.2, 0.25) is 0 Å². The molecule has 0 aromatic heterocycles. The predicted molar refractivity (Wildman–Crippen MR) is 83.6 cm³/mol. The lowest BCUT2D eigenvalue weighted by Gasteiger charge is -2.35. The molecule has 0 radical (unpaired) electrons. The zero-order chi connectivity index (χ0) is 14.4. The highest BCUT2D eigenvalue weighted by molar-refractivity contribution is 5.76. The van der Waals surface area contributed by atoms with E-state index in [2.05, 4.69) is 24.1 Å². The van der Waals surface area contributed by atoms with Gasteiger partial charge in [-0.1, -0.05) is 20.3 Å². The van der Waals surface area contributed by atoms with Crippen LogP contribution < -0.4 is 5.32 Å². The minimum atomic E-state index is 0.406. The first-order chi connectivity index (χ1) is 9.70. The molecule has 3 unspecified atom stereocenters. The Bertz CT molecular complexity index is 297. The van der Waals surface area contributed by atoms with Crippen LogP contribution in [0, 0.1) is 17.8 Å². The molecule has 0 aromatic rings. The van der Waals surface area contributed by atoms with E-state index in [-0.39, 0.29) is 0 Å². The quantitative estimate of drug-likeness (QED) is 0.839. The van der Waals surface area contributed by atoms with Crippen LogP contribution in [0.25, 0.3) is 0 Å². The van der Waals surface area contributed by atoms with Gasteiger partial charge in [-0.15, -0.1) is 0 Å². The first-order valence-corrected chi connectivity index (χ1v) is 8.69. The molecule has 0 spiro atoms. The molecule has 2 aliphatic heterocycles. The van der Waals surface area contributed by atoms with Crippen molar-refractivity contribution < 1.29 is 4.79 Å². The Kier molecular flexibility index (Phi) is 6.34. The molecule has 0 saturated carbocycles. The highest BCUT2D eigenvalue weighted by Gasteiger charge is 2.27. The molecule has 2 heterocycles. The molecule has 2 fully saturated rings. The number of nitrogens with zero attached hydrogens (tertiary/aromatic N) is 1. The van der Waals surface area contributed by atoms with Crippen molar-refractivity contribution in [2.75, 3.05) is 26.2 Å². The van der Waals surface area contributed by atoms with Crippen molar-refractivity contribution in [3.63, 3.8) is 0 Å². The summed E-state index contributed by atoms with van der Waals surface area (Å²) in [6.45, 7) is 8.79. The average Bonchev–Trinajstić information content (AvgIpc) is 2.48. The molecule has 0 aromatic carbocycles. The van der Waals surface area contributed by atoms with E-state index in [1.54, 1.807) is 0 Å². The number of carbonyl (C=O) groups is 1. The van der Waals surface area contributed by atoms with Gasteiger partial charge >= 0.3 is 0 Å². The van der Waals surface area contributed by atoms with Crippen LogP contribution in [0.1, 0.15) is 58.8 Å². The summed E-state index contributed by atoms with van der Waals surface area (Å²) >= 11 is 0. The number of hydrogen-bond donors (Lipinski definition) is 1. The molecule has 3 heteroatoms. The van der Waals surface area contributed by atoms with Gasteiger partial charge in [0.05, 0.1) is 0 Å². The molecule has 2 saturated heterocycles. The van der Waals surface area contributed by atoms with Crippen LogP contribution in [0.3, 0.4) is 0 Å². The van der Waals surface area contributed by atoms with Crippen LogP contribution in [0.5, 0.6) is 0 Å². The van der Waals surface area contributed by atoms with E-state index < -0.39 is 0 Å². The summed E-state index contributed by atoms with van der Waals surface area (Å²) in [6, 6.07) is 0. The van der Waals surface area contributed by atoms with Gasteiger partial charge in [-0.3, -0.25) is 4.79 Å². The SMILES string of the molecule is CCCC1CCCN(C(=O)CC(C)C2CCCNC2)C1. The van der Waals surface area contributed by atoms with Gasteiger partial charge in [0.15, 0.2) is 0 Å². The maximum Gasteiger partial charge on any atom is 0.222 e. The second kappa shape index (κ2) is 8.02. The summed E-state index contributed by atoms with van der Waals surface area (Å²) in [5.41, 5.74) is 0. The van der Waals surface area contributed by atoms with Gasteiger partial charge in [0.25, 0.3) is 0 Å². The van der Waals surface area contributed by atoms with Gasteiger partial charge in [0.2, 0.25) is 5.91 Å². The third-order valence-electron chi connectivity index (χ3n) is 5.20. The summed E-state index contributed by atoms with van der Waals surface area (Å²) in [4.78, 5) is 14.7. The Morgan fingerprint density at radius 3 is 2.90 bits per heavy atom. The Labute approximate surface area is 124 Å². The summed E-state index contributed by atoms with van der Waals surface area (Å²) < 4.78 is 0. The van der Waals surface area contributed by atoms with Crippen molar-refractivity contribution in [3.8, 4) is 0 Å². The Morgan fingerprint density at radius 2 is 2.20 bits per heavy atom. The summed E-state index contributed by atoms with van der Waals surface area (Å²) in [5.74, 6) is 2.39. The Morgan fingerprint density at radius 1 is 1.35 bits per heavy atom. The first-order valence-electron chi connectivity index (χ1n) is 8.69. The third-order valence-corrected chi connectivity index (χ3v) is 5.20. The topological polar surface area (TPSA) is 32.3 Å². The zero-order valence-electron chi connectivity index (χ0n) is 13.4. The summed E-state index contributed by atoms with van der Waals surface area (Å²) in [6.07, 6.45) is 8.37.